The highest BCUT2D eigenvalue weighted by molar-refractivity contribution is 6.23. The van der Waals surface area contributed by atoms with Gasteiger partial charge in [-0.3, -0.25) is 14.7 Å². The smallest absolute Gasteiger partial charge is 0.416 e. The SMILES string of the molecule is COc1ccc(N2C(=O)C3=C(C(c4ccccc4)=NCCN3C)C2c2cccc(C(F)(F)F)c2)cc1. The summed E-state index contributed by atoms with van der Waals surface area (Å²) < 4.78 is 46.4. The topological polar surface area (TPSA) is 45.1 Å². The van der Waals surface area contributed by atoms with Crippen molar-refractivity contribution in [1.29, 1.82) is 0 Å². The summed E-state index contributed by atoms with van der Waals surface area (Å²) in [6.45, 7) is 0.964. The van der Waals surface area contributed by atoms with Gasteiger partial charge in [0.1, 0.15) is 11.4 Å². The van der Waals surface area contributed by atoms with Gasteiger partial charge in [-0.05, 0) is 42.0 Å². The number of carbonyl (C=O) groups is 1. The minimum atomic E-state index is -4.52. The minimum Gasteiger partial charge on any atom is -0.497 e. The largest absolute Gasteiger partial charge is 0.497 e. The molecule has 0 spiro atoms. The molecular formula is C28H24F3N3O2. The van der Waals surface area contributed by atoms with E-state index in [0.717, 1.165) is 17.7 Å². The van der Waals surface area contributed by atoms with Gasteiger partial charge in [0.2, 0.25) is 0 Å². The Morgan fingerprint density at radius 2 is 1.69 bits per heavy atom. The van der Waals surface area contributed by atoms with Crippen LogP contribution in [0.4, 0.5) is 18.9 Å². The first kappa shape index (κ1) is 23.7. The molecule has 1 amide bonds. The van der Waals surface area contributed by atoms with Crippen molar-refractivity contribution in [2.75, 3.05) is 32.1 Å². The fraction of sp³-hybridized carbons (Fsp3) is 0.214. The molecule has 2 aliphatic rings. The molecule has 0 bridgehead atoms. The van der Waals surface area contributed by atoms with Crippen LogP contribution in [0.2, 0.25) is 0 Å². The summed E-state index contributed by atoms with van der Waals surface area (Å²) in [5.41, 5.74) is 2.60. The van der Waals surface area contributed by atoms with Crippen LogP contribution in [0.15, 0.2) is 95.1 Å². The summed E-state index contributed by atoms with van der Waals surface area (Å²) in [5, 5.41) is 0. The molecule has 0 aliphatic carbocycles. The fourth-order valence-electron chi connectivity index (χ4n) is 4.78. The maximum absolute atomic E-state index is 14.0. The Bertz CT molecular complexity index is 1350. The normalized spacial score (nSPS) is 18.2. The summed E-state index contributed by atoms with van der Waals surface area (Å²) in [6.07, 6.45) is -4.52. The number of aliphatic imine (C=N–C) groups is 1. The summed E-state index contributed by atoms with van der Waals surface area (Å²) in [4.78, 5) is 22.2. The summed E-state index contributed by atoms with van der Waals surface area (Å²) >= 11 is 0. The zero-order valence-electron chi connectivity index (χ0n) is 19.8. The number of anilines is 1. The summed E-state index contributed by atoms with van der Waals surface area (Å²) in [6, 6.07) is 20.8. The Morgan fingerprint density at radius 3 is 2.36 bits per heavy atom. The number of alkyl halides is 3. The lowest BCUT2D eigenvalue weighted by molar-refractivity contribution is -0.137. The highest BCUT2D eigenvalue weighted by atomic mass is 19.4. The number of rotatable bonds is 4. The molecule has 2 heterocycles. The highest BCUT2D eigenvalue weighted by Gasteiger charge is 2.46. The van der Waals surface area contributed by atoms with Crippen LogP contribution in [0.3, 0.4) is 0 Å². The quantitative estimate of drug-likeness (QED) is 0.485. The second-order valence-corrected chi connectivity index (χ2v) is 8.68. The number of halogens is 3. The zero-order chi connectivity index (χ0) is 25.4. The Labute approximate surface area is 207 Å². The molecule has 0 aromatic heterocycles. The van der Waals surface area contributed by atoms with E-state index in [1.165, 1.54) is 6.07 Å². The molecule has 3 aromatic rings. The van der Waals surface area contributed by atoms with Gasteiger partial charge in [0.05, 0.1) is 31.0 Å². The Balaban J connectivity index is 1.75. The number of hydrogen-bond donors (Lipinski definition) is 0. The third kappa shape index (κ3) is 4.12. The van der Waals surface area contributed by atoms with Crippen LogP contribution in [0.5, 0.6) is 5.75 Å². The van der Waals surface area contributed by atoms with Gasteiger partial charge in [-0.15, -0.1) is 0 Å². The van der Waals surface area contributed by atoms with Gasteiger partial charge in [0.15, 0.2) is 0 Å². The summed E-state index contributed by atoms with van der Waals surface area (Å²) in [5.74, 6) is 0.324. The molecule has 184 valence electrons. The monoisotopic (exact) mass is 491 g/mol. The fourth-order valence-corrected chi connectivity index (χ4v) is 4.78. The average molecular weight is 492 g/mol. The minimum absolute atomic E-state index is 0.286. The van der Waals surface area contributed by atoms with Crippen molar-refractivity contribution >= 4 is 17.3 Å². The highest BCUT2D eigenvalue weighted by Crippen LogP contribution is 2.45. The van der Waals surface area contributed by atoms with Gasteiger partial charge in [-0.1, -0.05) is 42.5 Å². The number of nitrogens with zero attached hydrogens (tertiary/aromatic N) is 3. The van der Waals surface area contributed by atoms with E-state index in [0.29, 0.717) is 47.1 Å². The average Bonchev–Trinajstić information content (AvgIpc) is 3.07. The zero-order valence-corrected chi connectivity index (χ0v) is 19.8. The van der Waals surface area contributed by atoms with E-state index in [2.05, 4.69) is 0 Å². The maximum atomic E-state index is 14.0. The first-order chi connectivity index (χ1) is 17.3. The molecule has 0 saturated heterocycles. The molecule has 1 unspecified atom stereocenters. The van der Waals surface area contributed by atoms with Crippen molar-refractivity contribution in [1.82, 2.24) is 4.90 Å². The van der Waals surface area contributed by atoms with E-state index in [4.69, 9.17) is 9.73 Å². The lowest BCUT2D eigenvalue weighted by atomic mass is 9.90. The van der Waals surface area contributed by atoms with Gasteiger partial charge < -0.3 is 9.64 Å². The molecule has 0 saturated carbocycles. The number of ether oxygens (including phenoxy) is 1. The number of benzene rings is 3. The van der Waals surface area contributed by atoms with E-state index in [1.54, 1.807) is 42.3 Å². The lowest BCUT2D eigenvalue weighted by Crippen LogP contribution is -2.34. The van der Waals surface area contributed by atoms with Crippen LogP contribution < -0.4 is 9.64 Å². The van der Waals surface area contributed by atoms with Crippen molar-refractivity contribution < 1.29 is 22.7 Å². The van der Waals surface area contributed by atoms with E-state index in [-0.39, 0.29) is 5.91 Å². The number of hydrogen-bond acceptors (Lipinski definition) is 4. The second kappa shape index (κ2) is 9.18. The standard InChI is InChI=1S/C28H24F3N3O2/c1-33-16-15-32-24(18-7-4-3-5-8-18)23-25(19-9-6-10-20(17-19)28(29,30)31)34(27(35)26(23)33)21-11-13-22(36-2)14-12-21/h3-14,17,25H,15-16H2,1-2H3. The third-order valence-corrected chi connectivity index (χ3v) is 6.48. The molecule has 1 atom stereocenters. The number of carbonyl (C=O) groups excluding carboxylic acids is 1. The molecule has 0 fully saturated rings. The number of methoxy groups -OCH3 is 1. The van der Waals surface area contributed by atoms with E-state index < -0.39 is 17.8 Å². The van der Waals surface area contributed by atoms with Crippen LogP contribution in [-0.2, 0) is 11.0 Å². The van der Waals surface area contributed by atoms with Crippen molar-refractivity contribution in [3.63, 3.8) is 0 Å². The molecule has 3 aromatic carbocycles. The van der Waals surface area contributed by atoms with Crippen LogP contribution in [-0.4, -0.2) is 43.8 Å². The number of likely N-dealkylation sites (N-methyl/N-ethyl adjacent to an activating group) is 1. The van der Waals surface area contributed by atoms with E-state index >= 15 is 0 Å². The molecule has 0 radical (unpaired) electrons. The molecule has 8 heteroatoms. The predicted molar refractivity (Wildman–Crippen MR) is 132 cm³/mol. The van der Waals surface area contributed by atoms with E-state index in [1.807, 2.05) is 42.3 Å². The lowest BCUT2D eigenvalue weighted by Gasteiger charge is -2.29. The van der Waals surface area contributed by atoms with Crippen molar-refractivity contribution in [2.24, 2.45) is 4.99 Å². The maximum Gasteiger partial charge on any atom is 0.416 e. The third-order valence-electron chi connectivity index (χ3n) is 6.48. The Hall–Kier alpha value is -4.07. The second-order valence-electron chi connectivity index (χ2n) is 8.68. The van der Waals surface area contributed by atoms with Gasteiger partial charge >= 0.3 is 6.18 Å². The van der Waals surface area contributed by atoms with Gasteiger partial charge in [0, 0.05) is 30.4 Å². The van der Waals surface area contributed by atoms with Crippen LogP contribution in [0.25, 0.3) is 0 Å². The Kier molecular flexibility index (Phi) is 6.04. The molecule has 5 nitrogen and oxygen atoms in total. The van der Waals surface area contributed by atoms with Crippen molar-refractivity contribution in [3.8, 4) is 5.75 Å². The predicted octanol–water partition coefficient (Wildman–Crippen LogP) is 5.49. The number of amides is 1. The van der Waals surface area contributed by atoms with Gasteiger partial charge in [0.25, 0.3) is 5.91 Å². The van der Waals surface area contributed by atoms with E-state index in [9.17, 15) is 18.0 Å². The first-order valence-electron chi connectivity index (χ1n) is 11.5. The van der Waals surface area contributed by atoms with Crippen LogP contribution >= 0.6 is 0 Å². The molecular weight excluding hydrogens is 467 g/mol. The van der Waals surface area contributed by atoms with Crippen LogP contribution in [0, 0.1) is 0 Å². The van der Waals surface area contributed by atoms with Gasteiger partial charge in [-0.2, -0.15) is 13.2 Å². The summed E-state index contributed by atoms with van der Waals surface area (Å²) in [7, 11) is 3.36. The van der Waals surface area contributed by atoms with Crippen molar-refractivity contribution in [2.45, 2.75) is 12.2 Å². The van der Waals surface area contributed by atoms with Gasteiger partial charge in [-0.25, -0.2) is 0 Å². The molecule has 36 heavy (non-hydrogen) atoms. The molecule has 0 N–H and O–H groups in total. The van der Waals surface area contributed by atoms with Crippen molar-refractivity contribution in [3.05, 3.63) is 107 Å². The molecule has 5 rings (SSSR count). The Morgan fingerprint density at radius 1 is 0.972 bits per heavy atom. The first-order valence-corrected chi connectivity index (χ1v) is 11.5. The van der Waals surface area contributed by atoms with Crippen LogP contribution in [0.1, 0.15) is 22.7 Å². The molecule has 2 aliphatic heterocycles.